The smallest absolute Gasteiger partial charge is 0.336 e. The van der Waals surface area contributed by atoms with Gasteiger partial charge in [0.2, 0.25) is 0 Å². The number of dihydropyridines is 1. The molecule has 4 rings (SSSR count). The molecule has 37 heavy (non-hydrogen) atoms. The topological polar surface area (TPSA) is 94.1 Å². The number of esters is 1. The number of Topliss-reactive ketones (excluding diaryl/α,β-unsaturated/α-hetero) is 1. The molecule has 2 aromatic carbocycles. The molecule has 2 aromatic rings. The van der Waals surface area contributed by atoms with Gasteiger partial charge in [-0.1, -0.05) is 25.1 Å². The van der Waals surface area contributed by atoms with E-state index in [9.17, 15) is 14.7 Å². The summed E-state index contributed by atoms with van der Waals surface area (Å²) in [5.41, 5.74) is 4.07. The molecule has 0 radical (unpaired) electrons. The van der Waals surface area contributed by atoms with Crippen LogP contribution in [-0.4, -0.2) is 49.2 Å². The van der Waals surface area contributed by atoms with E-state index in [1.165, 1.54) is 0 Å². The fraction of sp³-hybridized carbons (Fsp3) is 0.379. The maximum absolute atomic E-state index is 13.7. The zero-order valence-electron chi connectivity index (χ0n) is 21.6. The van der Waals surface area contributed by atoms with Gasteiger partial charge in [-0.05, 0) is 60.4 Å². The average molecular weight is 524 g/mol. The molecule has 196 valence electrons. The van der Waals surface area contributed by atoms with Gasteiger partial charge in [0.25, 0.3) is 0 Å². The largest absolute Gasteiger partial charge is 0.508 e. The first kappa shape index (κ1) is 26.7. The van der Waals surface area contributed by atoms with Crippen LogP contribution in [0.5, 0.6) is 17.2 Å². The Hall–Kier alpha value is -3.39. The third kappa shape index (κ3) is 5.64. The minimum atomic E-state index is -0.617. The Balaban J connectivity index is 1.71. The summed E-state index contributed by atoms with van der Waals surface area (Å²) in [6.07, 6.45) is 0.887. The van der Waals surface area contributed by atoms with E-state index >= 15 is 0 Å². The SMILES string of the molecule is CCSCCOC(=O)C1=C(C)NC2=C(C(=O)C[C@@H](c3ccc(OC)c(OC)c3)C2)[C@H]1c1cccc(O)c1. The van der Waals surface area contributed by atoms with Gasteiger partial charge in [-0.25, -0.2) is 4.79 Å². The van der Waals surface area contributed by atoms with Crippen LogP contribution in [0.2, 0.25) is 0 Å². The number of hydrogen-bond acceptors (Lipinski definition) is 8. The Labute approximate surface area is 221 Å². The van der Waals surface area contributed by atoms with Crippen LogP contribution in [0, 0.1) is 0 Å². The number of aromatic hydroxyl groups is 1. The molecule has 7 nitrogen and oxygen atoms in total. The molecule has 0 aromatic heterocycles. The second-order valence-corrected chi connectivity index (χ2v) is 10.5. The van der Waals surface area contributed by atoms with Crippen molar-refractivity contribution in [3.8, 4) is 17.2 Å². The van der Waals surface area contributed by atoms with Crippen LogP contribution in [-0.2, 0) is 14.3 Å². The van der Waals surface area contributed by atoms with Crippen molar-refractivity contribution in [1.82, 2.24) is 5.32 Å². The summed E-state index contributed by atoms with van der Waals surface area (Å²) in [7, 11) is 3.18. The normalized spacial score (nSPS) is 19.3. The summed E-state index contributed by atoms with van der Waals surface area (Å²) < 4.78 is 16.4. The Kier molecular flexibility index (Phi) is 8.48. The van der Waals surface area contributed by atoms with E-state index in [2.05, 4.69) is 12.2 Å². The second kappa shape index (κ2) is 11.8. The first-order valence-corrected chi connectivity index (χ1v) is 13.5. The predicted molar refractivity (Wildman–Crippen MR) is 144 cm³/mol. The molecule has 1 heterocycles. The van der Waals surface area contributed by atoms with Crippen LogP contribution >= 0.6 is 11.8 Å². The van der Waals surface area contributed by atoms with Crippen molar-refractivity contribution >= 4 is 23.5 Å². The molecule has 0 saturated heterocycles. The van der Waals surface area contributed by atoms with Crippen molar-refractivity contribution < 1.29 is 28.9 Å². The lowest BCUT2D eigenvalue weighted by molar-refractivity contribution is -0.138. The van der Waals surface area contributed by atoms with Crippen molar-refractivity contribution in [1.29, 1.82) is 0 Å². The molecule has 0 amide bonds. The summed E-state index contributed by atoms with van der Waals surface area (Å²) in [6.45, 7) is 4.18. The number of nitrogens with one attached hydrogen (secondary N) is 1. The first-order valence-electron chi connectivity index (χ1n) is 12.4. The maximum atomic E-state index is 13.7. The van der Waals surface area contributed by atoms with Gasteiger partial charge in [0.1, 0.15) is 12.4 Å². The fourth-order valence-corrected chi connectivity index (χ4v) is 5.59. The molecule has 2 atom stereocenters. The van der Waals surface area contributed by atoms with Gasteiger partial charge in [0.15, 0.2) is 17.3 Å². The van der Waals surface area contributed by atoms with Gasteiger partial charge in [0.05, 0.1) is 19.8 Å². The zero-order valence-corrected chi connectivity index (χ0v) is 22.4. The number of rotatable bonds is 9. The van der Waals surface area contributed by atoms with Gasteiger partial charge in [-0.3, -0.25) is 4.79 Å². The summed E-state index contributed by atoms with van der Waals surface area (Å²) in [5.74, 6) is 1.81. The van der Waals surface area contributed by atoms with Gasteiger partial charge in [0, 0.05) is 35.1 Å². The van der Waals surface area contributed by atoms with Crippen molar-refractivity contribution in [3.63, 3.8) is 0 Å². The summed E-state index contributed by atoms with van der Waals surface area (Å²) in [5, 5.41) is 13.6. The number of ketones is 1. The number of hydrogen-bond donors (Lipinski definition) is 2. The Morgan fingerprint density at radius 2 is 1.86 bits per heavy atom. The highest BCUT2D eigenvalue weighted by molar-refractivity contribution is 7.99. The second-order valence-electron chi connectivity index (χ2n) is 9.06. The van der Waals surface area contributed by atoms with Crippen LogP contribution < -0.4 is 14.8 Å². The van der Waals surface area contributed by atoms with Crippen molar-refractivity contribution in [2.24, 2.45) is 0 Å². The zero-order chi connectivity index (χ0) is 26.5. The third-order valence-electron chi connectivity index (χ3n) is 6.79. The van der Waals surface area contributed by atoms with Crippen LogP contribution in [0.1, 0.15) is 49.7 Å². The van der Waals surface area contributed by atoms with Crippen molar-refractivity contribution in [2.45, 2.75) is 38.5 Å². The van der Waals surface area contributed by atoms with E-state index in [1.54, 1.807) is 44.2 Å². The quantitative estimate of drug-likeness (QED) is 0.348. The number of ether oxygens (including phenoxy) is 3. The van der Waals surface area contributed by atoms with Crippen LogP contribution in [0.4, 0.5) is 0 Å². The monoisotopic (exact) mass is 523 g/mol. The number of allylic oxidation sites excluding steroid dienone is 3. The lowest BCUT2D eigenvalue weighted by Crippen LogP contribution is -2.36. The van der Waals surface area contributed by atoms with Gasteiger partial charge in [-0.15, -0.1) is 0 Å². The van der Waals surface area contributed by atoms with Gasteiger partial charge >= 0.3 is 5.97 Å². The summed E-state index contributed by atoms with van der Waals surface area (Å²) in [4.78, 5) is 27.0. The molecule has 1 aliphatic carbocycles. The molecule has 0 unspecified atom stereocenters. The Bertz CT molecular complexity index is 1250. The minimum absolute atomic E-state index is 0.0405. The third-order valence-corrected chi connectivity index (χ3v) is 7.66. The number of thioether (sulfide) groups is 1. The number of carbonyl (C=O) groups excluding carboxylic acids is 2. The van der Waals surface area contributed by atoms with E-state index in [-0.39, 0.29) is 17.5 Å². The lowest BCUT2D eigenvalue weighted by Gasteiger charge is -2.36. The Morgan fingerprint density at radius 1 is 1.08 bits per heavy atom. The summed E-state index contributed by atoms with van der Waals surface area (Å²) in [6, 6.07) is 12.5. The molecule has 1 aliphatic heterocycles. The van der Waals surface area contributed by atoms with Crippen LogP contribution in [0.25, 0.3) is 0 Å². The molecular formula is C29H33NO6S. The molecule has 2 aliphatic rings. The molecular weight excluding hydrogens is 490 g/mol. The maximum Gasteiger partial charge on any atom is 0.336 e. The van der Waals surface area contributed by atoms with E-state index < -0.39 is 11.9 Å². The van der Waals surface area contributed by atoms with E-state index in [0.29, 0.717) is 59.1 Å². The van der Waals surface area contributed by atoms with Crippen molar-refractivity contribution in [2.75, 3.05) is 32.3 Å². The van der Waals surface area contributed by atoms with Crippen molar-refractivity contribution in [3.05, 3.63) is 76.1 Å². The minimum Gasteiger partial charge on any atom is -0.508 e. The van der Waals surface area contributed by atoms with E-state index in [0.717, 1.165) is 17.0 Å². The number of benzene rings is 2. The first-order chi connectivity index (χ1) is 17.9. The number of carbonyl (C=O) groups is 2. The highest BCUT2D eigenvalue weighted by Gasteiger charge is 2.41. The summed E-state index contributed by atoms with van der Waals surface area (Å²) >= 11 is 1.70. The number of methoxy groups -OCH3 is 2. The molecule has 2 N–H and O–H groups in total. The van der Waals surface area contributed by atoms with Crippen LogP contribution in [0.3, 0.4) is 0 Å². The molecule has 0 saturated carbocycles. The van der Waals surface area contributed by atoms with Gasteiger partial charge in [-0.2, -0.15) is 11.8 Å². The van der Waals surface area contributed by atoms with E-state index in [1.807, 2.05) is 31.2 Å². The molecule has 0 bridgehead atoms. The highest BCUT2D eigenvalue weighted by Crippen LogP contribution is 2.46. The van der Waals surface area contributed by atoms with E-state index in [4.69, 9.17) is 14.2 Å². The number of phenolic OH excluding ortho intramolecular Hbond substituents is 1. The predicted octanol–water partition coefficient (Wildman–Crippen LogP) is 5.07. The molecule has 0 fully saturated rings. The standard InChI is InChI=1S/C29H33NO6S/c1-5-37-12-11-36-29(33)26-17(2)30-22-14-20(18-9-10-24(34-3)25(16-18)35-4)15-23(32)28(22)27(26)19-7-6-8-21(31)13-19/h6-10,13,16,20,27,30-31H,5,11-12,14-15H2,1-4H3/t20-,27-/m0/s1. The highest BCUT2D eigenvalue weighted by atomic mass is 32.2. The lowest BCUT2D eigenvalue weighted by atomic mass is 9.71. The fourth-order valence-electron chi connectivity index (χ4n) is 5.11. The van der Waals surface area contributed by atoms with Crippen LogP contribution in [0.15, 0.2) is 65.0 Å². The molecule has 8 heteroatoms. The number of phenols is 1. The Morgan fingerprint density at radius 3 is 2.57 bits per heavy atom. The molecule has 0 spiro atoms. The average Bonchev–Trinajstić information content (AvgIpc) is 2.89. The van der Waals surface area contributed by atoms with Gasteiger partial charge < -0.3 is 24.6 Å².